The molecule has 1 aliphatic rings. The maximum absolute atomic E-state index is 6.07. The molecule has 0 saturated carbocycles. The first kappa shape index (κ1) is 9.66. The van der Waals surface area contributed by atoms with Crippen LogP contribution in [0.3, 0.4) is 0 Å². The van der Waals surface area contributed by atoms with E-state index in [-0.39, 0.29) is 6.10 Å². The number of hydrogen-bond donors (Lipinski definition) is 0. The summed E-state index contributed by atoms with van der Waals surface area (Å²) < 4.78 is 5.74. The van der Waals surface area contributed by atoms with Gasteiger partial charge in [0.2, 0.25) is 0 Å². The van der Waals surface area contributed by atoms with Crippen molar-refractivity contribution in [2.75, 3.05) is 18.5 Å². The van der Waals surface area contributed by atoms with Gasteiger partial charge in [0, 0.05) is 12.1 Å². The van der Waals surface area contributed by atoms with E-state index in [1.807, 2.05) is 19.1 Å². The fourth-order valence-electron chi connectivity index (χ4n) is 1.78. The lowest BCUT2D eigenvalue weighted by Gasteiger charge is -2.32. The molecular formula is C11H14ClNO. The van der Waals surface area contributed by atoms with E-state index >= 15 is 0 Å². The molecule has 0 radical (unpaired) electrons. The molecule has 3 heteroatoms. The van der Waals surface area contributed by atoms with Crippen molar-refractivity contribution in [2.45, 2.75) is 20.0 Å². The summed E-state index contributed by atoms with van der Waals surface area (Å²) in [5.41, 5.74) is 2.15. The largest absolute Gasteiger partial charge is 0.487 e. The maximum Gasteiger partial charge on any atom is 0.143 e. The molecule has 2 rings (SSSR count). The molecule has 0 bridgehead atoms. The molecule has 0 aromatic heterocycles. The van der Waals surface area contributed by atoms with Crippen LogP contribution >= 0.6 is 11.6 Å². The number of likely N-dealkylation sites (N-methyl/N-ethyl adjacent to an activating group) is 1. The molecule has 1 atom stereocenters. The summed E-state index contributed by atoms with van der Waals surface area (Å²) in [4.78, 5) is 2.18. The number of hydrogen-bond acceptors (Lipinski definition) is 2. The first-order chi connectivity index (χ1) is 6.58. The number of nitrogens with zero attached hydrogens (tertiary/aromatic N) is 1. The first-order valence-electron chi connectivity index (χ1n) is 4.76. The molecule has 1 heterocycles. The van der Waals surface area contributed by atoms with Crippen LogP contribution in [0.25, 0.3) is 0 Å². The van der Waals surface area contributed by atoms with Crippen LogP contribution in [0, 0.1) is 6.92 Å². The Kier molecular flexibility index (Phi) is 2.31. The molecule has 0 amide bonds. The molecule has 0 spiro atoms. The van der Waals surface area contributed by atoms with Gasteiger partial charge in [-0.05, 0) is 31.5 Å². The number of fused-ring (bicyclic) bond motifs is 1. The molecule has 1 aromatic carbocycles. The Balaban J connectivity index is 2.49. The highest BCUT2D eigenvalue weighted by molar-refractivity contribution is 6.31. The summed E-state index contributed by atoms with van der Waals surface area (Å²) in [6, 6.07) is 3.97. The third-order valence-electron chi connectivity index (χ3n) is 2.51. The Morgan fingerprint density at radius 1 is 1.50 bits per heavy atom. The van der Waals surface area contributed by atoms with Gasteiger partial charge in [-0.1, -0.05) is 11.6 Å². The van der Waals surface area contributed by atoms with E-state index in [1.54, 1.807) is 0 Å². The Labute approximate surface area is 89.4 Å². The summed E-state index contributed by atoms with van der Waals surface area (Å²) in [5.74, 6) is 0.938. The van der Waals surface area contributed by atoms with Crippen LogP contribution in [0.4, 0.5) is 5.69 Å². The van der Waals surface area contributed by atoms with Crippen LogP contribution in [-0.4, -0.2) is 19.7 Å². The smallest absolute Gasteiger partial charge is 0.143 e. The summed E-state index contributed by atoms with van der Waals surface area (Å²) in [6.45, 7) is 4.97. The van der Waals surface area contributed by atoms with Gasteiger partial charge in [0.15, 0.2) is 0 Å². The van der Waals surface area contributed by atoms with Crippen molar-refractivity contribution in [2.24, 2.45) is 0 Å². The van der Waals surface area contributed by atoms with E-state index in [2.05, 4.69) is 18.9 Å². The topological polar surface area (TPSA) is 12.5 Å². The van der Waals surface area contributed by atoms with E-state index in [4.69, 9.17) is 16.3 Å². The Bertz CT molecular complexity index is 365. The van der Waals surface area contributed by atoms with Crippen molar-refractivity contribution in [3.63, 3.8) is 0 Å². The molecule has 0 N–H and O–H groups in total. The minimum Gasteiger partial charge on any atom is -0.487 e. The molecule has 2 nitrogen and oxygen atoms in total. The summed E-state index contributed by atoms with van der Waals surface area (Å²) in [6.07, 6.45) is 0.244. The normalized spacial score (nSPS) is 20.3. The molecule has 0 saturated heterocycles. The van der Waals surface area contributed by atoms with E-state index in [0.717, 1.165) is 28.6 Å². The van der Waals surface area contributed by atoms with Crippen molar-refractivity contribution < 1.29 is 4.74 Å². The standard InChI is InChI=1S/C11H14ClNO/c1-7-4-11-10(5-9(7)12)13(3)6-8(2)14-11/h4-5,8H,6H2,1-3H3. The van der Waals surface area contributed by atoms with Crippen molar-refractivity contribution in [1.82, 2.24) is 0 Å². The minimum atomic E-state index is 0.244. The molecule has 0 aliphatic carbocycles. The number of anilines is 1. The van der Waals surface area contributed by atoms with Gasteiger partial charge in [0.1, 0.15) is 11.9 Å². The SMILES string of the molecule is Cc1cc2c(cc1Cl)N(C)CC(C)O2. The van der Waals surface area contributed by atoms with E-state index < -0.39 is 0 Å². The third kappa shape index (κ3) is 1.55. The van der Waals surface area contributed by atoms with Gasteiger partial charge >= 0.3 is 0 Å². The molecule has 14 heavy (non-hydrogen) atoms. The van der Waals surface area contributed by atoms with Crippen LogP contribution in [0.2, 0.25) is 5.02 Å². The number of aryl methyl sites for hydroxylation is 1. The highest BCUT2D eigenvalue weighted by Gasteiger charge is 2.20. The average molecular weight is 212 g/mol. The van der Waals surface area contributed by atoms with Crippen molar-refractivity contribution in [3.05, 3.63) is 22.7 Å². The fraction of sp³-hybridized carbons (Fsp3) is 0.455. The van der Waals surface area contributed by atoms with Crippen molar-refractivity contribution in [1.29, 1.82) is 0 Å². The Hall–Kier alpha value is -0.890. The summed E-state index contributed by atoms with van der Waals surface area (Å²) in [5, 5.41) is 0.800. The molecule has 1 aromatic rings. The first-order valence-corrected chi connectivity index (χ1v) is 5.13. The summed E-state index contributed by atoms with van der Waals surface area (Å²) >= 11 is 6.07. The van der Waals surface area contributed by atoms with E-state index in [1.165, 1.54) is 0 Å². The second kappa shape index (κ2) is 3.35. The van der Waals surface area contributed by atoms with Gasteiger partial charge < -0.3 is 9.64 Å². The lowest BCUT2D eigenvalue weighted by molar-refractivity contribution is 0.215. The van der Waals surface area contributed by atoms with Crippen LogP contribution in [0.1, 0.15) is 12.5 Å². The highest BCUT2D eigenvalue weighted by atomic mass is 35.5. The van der Waals surface area contributed by atoms with Gasteiger partial charge in [0.05, 0.1) is 12.2 Å². The zero-order valence-electron chi connectivity index (χ0n) is 8.67. The van der Waals surface area contributed by atoms with Crippen LogP contribution in [0.15, 0.2) is 12.1 Å². The zero-order chi connectivity index (χ0) is 10.3. The Morgan fingerprint density at radius 2 is 2.21 bits per heavy atom. The van der Waals surface area contributed by atoms with E-state index in [0.29, 0.717) is 0 Å². The van der Waals surface area contributed by atoms with Crippen molar-refractivity contribution >= 4 is 17.3 Å². The van der Waals surface area contributed by atoms with Gasteiger partial charge in [-0.3, -0.25) is 0 Å². The molecule has 1 aliphatic heterocycles. The predicted octanol–water partition coefficient (Wildman–Crippen LogP) is 2.87. The monoisotopic (exact) mass is 211 g/mol. The second-order valence-corrected chi connectivity index (χ2v) is 4.29. The predicted molar refractivity (Wildman–Crippen MR) is 59.5 cm³/mol. The van der Waals surface area contributed by atoms with Gasteiger partial charge in [-0.25, -0.2) is 0 Å². The van der Waals surface area contributed by atoms with Gasteiger partial charge in [-0.15, -0.1) is 0 Å². The number of rotatable bonds is 0. The van der Waals surface area contributed by atoms with Gasteiger partial charge in [0.25, 0.3) is 0 Å². The molecule has 1 unspecified atom stereocenters. The lowest BCUT2D eigenvalue weighted by Crippen LogP contribution is -2.35. The third-order valence-corrected chi connectivity index (χ3v) is 2.92. The number of benzene rings is 1. The van der Waals surface area contributed by atoms with Gasteiger partial charge in [-0.2, -0.15) is 0 Å². The van der Waals surface area contributed by atoms with Crippen LogP contribution in [0.5, 0.6) is 5.75 Å². The lowest BCUT2D eigenvalue weighted by atomic mass is 10.1. The second-order valence-electron chi connectivity index (χ2n) is 3.88. The molecule has 76 valence electrons. The maximum atomic E-state index is 6.07. The Morgan fingerprint density at radius 3 is 2.93 bits per heavy atom. The minimum absolute atomic E-state index is 0.244. The molecule has 0 fully saturated rings. The quantitative estimate of drug-likeness (QED) is 0.655. The van der Waals surface area contributed by atoms with Crippen molar-refractivity contribution in [3.8, 4) is 5.75 Å². The number of ether oxygens (including phenoxy) is 1. The number of halogens is 1. The summed E-state index contributed by atoms with van der Waals surface area (Å²) in [7, 11) is 2.06. The average Bonchev–Trinajstić information content (AvgIpc) is 2.08. The van der Waals surface area contributed by atoms with E-state index in [9.17, 15) is 0 Å². The highest BCUT2D eigenvalue weighted by Crippen LogP contribution is 2.36. The fourth-order valence-corrected chi connectivity index (χ4v) is 1.93. The van der Waals surface area contributed by atoms with Crippen LogP contribution in [-0.2, 0) is 0 Å². The molecular weight excluding hydrogens is 198 g/mol. The van der Waals surface area contributed by atoms with Crippen LogP contribution < -0.4 is 9.64 Å². The zero-order valence-corrected chi connectivity index (χ0v) is 9.43.